The van der Waals surface area contributed by atoms with Crippen LogP contribution < -0.4 is 0 Å². The van der Waals surface area contributed by atoms with Gasteiger partial charge in [-0.15, -0.1) is 0 Å². The highest BCUT2D eigenvalue weighted by molar-refractivity contribution is 5.88. The Labute approximate surface area is 88.1 Å². The van der Waals surface area contributed by atoms with E-state index in [1.807, 2.05) is 6.07 Å². The summed E-state index contributed by atoms with van der Waals surface area (Å²) in [5.41, 5.74) is 0.220. The quantitative estimate of drug-likeness (QED) is 0.750. The van der Waals surface area contributed by atoms with Gasteiger partial charge in [0.2, 0.25) is 5.91 Å². The average molecular weight is 204 g/mol. The lowest BCUT2D eigenvalue weighted by Gasteiger charge is -2.18. The summed E-state index contributed by atoms with van der Waals surface area (Å²) < 4.78 is 4.92. The molecule has 4 heteroatoms. The molecule has 0 saturated heterocycles. The van der Waals surface area contributed by atoms with Crippen molar-refractivity contribution in [3.05, 3.63) is 24.2 Å². The Bertz CT molecular complexity index is 399. The van der Waals surface area contributed by atoms with Gasteiger partial charge in [0.1, 0.15) is 5.41 Å². The van der Waals surface area contributed by atoms with Crippen LogP contribution in [0.2, 0.25) is 0 Å². The molecule has 1 heterocycles. The van der Waals surface area contributed by atoms with Gasteiger partial charge < -0.3 is 9.32 Å². The van der Waals surface area contributed by atoms with Crippen LogP contribution in [0.25, 0.3) is 0 Å². The van der Waals surface area contributed by atoms with E-state index < -0.39 is 5.41 Å². The Kier molecular flexibility index (Phi) is 2.24. The van der Waals surface area contributed by atoms with Gasteiger partial charge in [-0.05, 0) is 18.9 Å². The van der Waals surface area contributed by atoms with E-state index in [9.17, 15) is 4.79 Å². The minimum absolute atomic E-state index is 0.0776. The van der Waals surface area contributed by atoms with E-state index in [-0.39, 0.29) is 5.91 Å². The summed E-state index contributed by atoms with van der Waals surface area (Å²) in [5, 5.41) is 8.89. The van der Waals surface area contributed by atoms with Gasteiger partial charge in [-0.1, -0.05) is 0 Å². The topological polar surface area (TPSA) is 57.2 Å². The lowest BCUT2D eigenvalue weighted by Crippen LogP contribution is -2.32. The maximum absolute atomic E-state index is 11.9. The summed E-state index contributed by atoms with van der Waals surface area (Å²) >= 11 is 0. The minimum atomic E-state index is -0.724. The molecule has 0 aliphatic heterocycles. The Hall–Kier alpha value is -1.76. The molecule has 1 amide bonds. The van der Waals surface area contributed by atoms with Crippen molar-refractivity contribution in [2.45, 2.75) is 19.4 Å². The van der Waals surface area contributed by atoms with Crippen LogP contribution in [0.3, 0.4) is 0 Å². The van der Waals surface area contributed by atoms with Crippen LogP contribution in [0.15, 0.2) is 23.0 Å². The molecule has 15 heavy (non-hydrogen) atoms. The zero-order valence-electron chi connectivity index (χ0n) is 8.56. The van der Waals surface area contributed by atoms with Crippen molar-refractivity contribution < 1.29 is 9.21 Å². The van der Waals surface area contributed by atoms with Gasteiger partial charge in [0.05, 0.1) is 18.6 Å². The highest BCUT2D eigenvalue weighted by Gasteiger charge is 2.51. The summed E-state index contributed by atoms with van der Waals surface area (Å²) in [7, 11) is 1.72. The second-order valence-corrected chi connectivity index (χ2v) is 3.99. The van der Waals surface area contributed by atoms with Crippen LogP contribution in [0, 0.1) is 16.7 Å². The lowest BCUT2D eigenvalue weighted by atomic mass is 10.1. The molecule has 0 bridgehead atoms. The molecule has 1 aromatic rings. The van der Waals surface area contributed by atoms with E-state index in [0.717, 1.165) is 5.56 Å². The molecule has 1 aliphatic rings. The predicted octanol–water partition coefficient (Wildman–Crippen LogP) is 1.54. The smallest absolute Gasteiger partial charge is 0.243 e. The molecule has 1 aliphatic carbocycles. The third-order valence-electron chi connectivity index (χ3n) is 2.72. The van der Waals surface area contributed by atoms with Gasteiger partial charge in [0.25, 0.3) is 0 Å². The van der Waals surface area contributed by atoms with Crippen molar-refractivity contribution in [3.63, 3.8) is 0 Å². The molecule has 0 spiro atoms. The largest absolute Gasteiger partial charge is 0.472 e. The molecule has 0 radical (unpaired) electrons. The normalized spacial score (nSPS) is 16.8. The van der Waals surface area contributed by atoms with E-state index >= 15 is 0 Å². The van der Waals surface area contributed by atoms with Crippen LogP contribution in [-0.2, 0) is 11.3 Å². The Morgan fingerprint density at radius 1 is 1.73 bits per heavy atom. The first-order valence-electron chi connectivity index (χ1n) is 4.86. The first-order valence-corrected chi connectivity index (χ1v) is 4.86. The van der Waals surface area contributed by atoms with Gasteiger partial charge in [0, 0.05) is 19.2 Å². The summed E-state index contributed by atoms with van der Waals surface area (Å²) in [6.45, 7) is 0.499. The Morgan fingerprint density at radius 3 is 2.93 bits per heavy atom. The third-order valence-corrected chi connectivity index (χ3v) is 2.72. The minimum Gasteiger partial charge on any atom is -0.472 e. The van der Waals surface area contributed by atoms with Crippen molar-refractivity contribution >= 4 is 5.91 Å². The van der Waals surface area contributed by atoms with Gasteiger partial charge in [-0.25, -0.2) is 0 Å². The maximum atomic E-state index is 11.9. The number of furan rings is 1. The first-order chi connectivity index (χ1) is 7.18. The second-order valence-electron chi connectivity index (χ2n) is 3.99. The molecule has 1 fully saturated rings. The van der Waals surface area contributed by atoms with Crippen molar-refractivity contribution in [1.82, 2.24) is 4.90 Å². The summed E-state index contributed by atoms with van der Waals surface area (Å²) in [6.07, 6.45) is 4.57. The van der Waals surface area contributed by atoms with E-state index in [1.165, 1.54) is 0 Å². The molecule has 1 saturated carbocycles. The van der Waals surface area contributed by atoms with Crippen LogP contribution in [0.1, 0.15) is 18.4 Å². The van der Waals surface area contributed by atoms with Gasteiger partial charge in [-0.2, -0.15) is 5.26 Å². The number of hydrogen-bond donors (Lipinski definition) is 0. The molecular weight excluding hydrogens is 192 g/mol. The Balaban J connectivity index is 2.00. The Morgan fingerprint density at radius 2 is 2.47 bits per heavy atom. The predicted molar refractivity (Wildman–Crippen MR) is 52.5 cm³/mol. The standard InChI is InChI=1S/C11H12N2O2/c1-13(6-9-2-5-15-7-9)10(14)11(8-12)3-4-11/h2,5,7H,3-4,6H2,1H3. The first kappa shape index (κ1) is 9.78. The zero-order chi connectivity index (χ0) is 10.9. The summed E-state index contributed by atoms with van der Waals surface area (Å²) in [6, 6.07) is 3.91. The maximum Gasteiger partial charge on any atom is 0.243 e. The number of nitrogens with zero attached hydrogens (tertiary/aromatic N) is 2. The van der Waals surface area contributed by atoms with Crippen LogP contribution in [0.5, 0.6) is 0 Å². The van der Waals surface area contributed by atoms with Crippen LogP contribution >= 0.6 is 0 Å². The number of hydrogen-bond acceptors (Lipinski definition) is 3. The number of carbonyl (C=O) groups is 1. The molecule has 4 nitrogen and oxygen atoms in total. The average Bonchev–Trinajstić information content (AvgIpc) is 2.89. The van der Waals surface area contributed by atoms with Gasteiger partial charge >= 0.3 is 0 Å². The van der Waals surface area contributed by atoms with Gasteiger partial charge in [0.15, 0.2) is 0 Å². The molecule has 2 rings (SSSR count). The number of amides is 1. The van der Waals surface area contributed by atoms with Crippen molar-refractivity contribution in [2.75, 3.05) is 7.05 Å². The SMILES string of the molecule is CN(Cc1ccoc1)C(=O)C1(C#N)CC1. The number of rotatable bonds is 3. The lowest BCUT2D eigenvalue weighted by molar-refractivity contribution is -0.134. The molecule has 0 N–H and O–H groups in total. The number of nitriles is 1. The third kappa shape index (κ3) is 1.73. The molecule has 0 unspecified atom stereocenters. The molecule has 78 valence electrons. The van der Waals surface area contributed by atoms with Crippen LogP contribution in [-0.4, -0.2) is 17.9 Å². The fourth-order valence-corrected chi connectivity index (χ4v) is 1.59. The van der Waals surface area contributed by atoms with E-state index in [4.69, 9.17) is 9.68 Å². The number of carbonyl (C=O) groups excluding carboxylic acids is 1. The van der Waals surface area contributed by atoms with E-state index in [2.05, 4.69) is 6.07 Å². The zero-order valence-corrected chi connectivity index (χ0v) is 8.56. The summed E-state index contributed by atoms with van der Waals surface area (Å²) in [5.74, 6) is -0.0776. The molecule has 0 atom stereocenters. The highest BCUT2D eigenvalue weighted by atomic mass is 16.3. The molecule has 0 aromatic carbocycles. The molecular formula is C11H12N2O2. The van der Waals surface area contributed by atoms with Crippen molar-refractivity contribution in [3.8, 4) is 6.07 Å². The van der Waals surface area contributed by atoms with E-state index in [1.54, 1.807) is 24.5 Å². The van der Waals surface area contributed by atoms with Crippen molar-refractivity contribution in [1.29, 1.82) is 5.26 Å². The monoisotopic (exact) mass is 204 g/mol. The molecule has 1 aromatic heterocycles. The fraction of sp³-hybridized carbons (Fsp3) is 0.455. The van der Waals surface area contributed by atoms with Crippen LogP contribution in [0.4, 0.5) is 0 Å². The highest BCUT2D eigenvalue weighted by Crippen LogP contribution is 2.46. The van der Waals surface area contributed by atoms with Crippen molar-refractivity contribution in [2.24, 2.45) is 5.41 Å². The second kappa shape index (κ2) is 3.43. The van der Waals surface area contributed by atoms with E-state index in [0.29, 0.717) is 19.4 Å². The summed E-state index contributed by atoms with van der Waals surface area (Å²) in [4.78, 5) is 13.4. The van der Waals surface area contributed by atoms with Gasteiger partial charge in [-0.3, -0.25) is 4.79 Å². The fourth-order valence-electron chi connectivity index (χ4n) is 1.59.